The Balaban J connectivity index is 1.89. The summed E-state index contributed by atoms with van der Waals surface area (Å²) in [7, 11) is 0. The number of rotatable bonds is 4. The third-order valence-corrected chi connectivity index (χ3v) is 4.64. The van der Waals surface area contributed by atoms with Gasteiger partial charge in [-0.15, -0.1) is 10.2 Å². The Morgan fingerprint density at radius 2 is 2.05 bits per heavy atom. The van der Waals surface area contributed by atoms with Crippen molar-refractivity contribution in [2.24, 2.45) is 0 Å². The van der Waals surface area contributed by atoms with Gasteiger partial charge in [-0.05, 0) is 36.8 Å². The fourth-order valence-electron chi connectivity index (χ4n) is 3.14. The van der Waals surface area contributed by atoms with Gasteiger partial charge in [-0.2, -0.15) is 0 Å². The second-order valence-electron chi connectivity index (χ2n) is 5.47. The Morgan fingerprint density at radius 3 is 2.80 bits per heavy atom. The lowest BCUT2D eigenvalue weighted by Crippen LogP contribution is -2.18. The summed E-state index contributed by atoms with van der Waals surface area (Å²) in [6, 6.07) is 8.79. The number of aryl methyl sites for hydroxylation is 1. The topological polar surface area (TPSA) is 30.7 Å². The third kappa shape index (κ3) is 2.53. The number of hydrogen-bond donors (Lipinski definition) is 0. The van der Waals surface area contributed by atoms with E-state index < -0.39 is 0 Å². The molecule has 1 aliphatic rings. The molecular formula is C16H20BrN3. The zero-order chi connectivity index (χ0) is 13.9. The van der Waals surface area contributed by atoms with Crippen molar-refractivity contribution in [1.82, 2.24) is 14.8 Å². The minimum atomic E-state index is 0.511. The lowest BCUT2D eigenvalue weighted by molar-refractivity contribution is 0.509. The van der Waals surface area contributed by atoms with Crippen LogP contribution in [-0.4, -0.2) is 14.8 Å². The Hall–Kier alpha value is -1.16. The van der Waals surface area contributed by atoms with E-state index in [1.807, 2.05) is 0 Å². The van der Waals surface area contributed by atoms with Crippen molar-refractivity contribution in [2.75, 3.05) is 0 Å². The summed E-state index contributed by atoms with van der Waals surface area (Å²) in [6.07, 6.45) is 4.55. The van der Waals surface area contributed by atoms with E-state index in [-0.39, 0.29) is 0 Å². The van der Waals surface area contributed by atoms with Crippen molar-refractivity contribution in [3.8, 4) is 0 Å². The zero-order valence-corrected chi connectivity index (χ0v) is 13.4. The van der Waals surface area contributed by atoms with E-state index >= 15 is 0 Å². The van der Waals surface area contributed by atoms with Crippen molar-refractivity contribution >= 4 is 15.9 Å². The van der Waals surface area contributed by atoms with Crippen LogP contribution in [0.25, 0.3) is 0 Å². The lowest BCUT2D eigenvalue weighted by Gasteiger charge is -2.24. The Labute approximate surface area is 128 Å². The molecule has 1 aromatic carbocycles. The molecule has 0 radical (unpaired) electrons. The minimum Gasteiger partial charge on any atom is -0.314 e. The highest BCUT2D eigenvalue weighted by molar-refractivity contribution is 9.08. The summed E-state index contributed by atoms with van der Waals surface area (Å²) in [4.78, 5) is 0. The molecule has 1 heterocycles. The first-order valence-electron chi connectivity index (χ1n) is 7.38. The highest BCUT2D eigenvalue weighted by Crippen LogP contribution is 2.32. The molecule has 0 bridgehead atoms. The van der Waals surface area contributed by atoms with Crippen LogP contribution in [0.4, 0.5) is 0 Å². The van der Waals surface area contributed by atoms with Crippen LogP contribution in [0, 0.1) is 0 Å². The summed E-state index contributed by atoms with van der Waals surface area (Å²) < 4.78 is 2.31. The largest absolute Gasteiger partial charge is 0.314 e. The molecule has 1 unspecified atom stereocenters. The molecule has 20 heavy (non-hydrogen) atoms. The number of nitrogens with zero attached hydrogens (tertiary/aromatic N) is 3. The molecule has 0 N–H and O–H groups in total. The molecule has 1 atom stereocenters. The van der Waals surface area contributed by atoms with Crippen LogP contribution in [0.1, 0.15) is 48.5 Å². The molecule has 0 saturated heterocycles. The van der Waals surface area contributed by atoms with E-state index in [0.29, 0.717) is 5.92 Å². The maximum Gasteiger partial charge on any atom is 0.143 e. The van der Waals surface area contributed by atoms with Crippen LogP contribution in [0.2, 0.25) is 0 Å². The van der Waals surface area contributed by atoms with E-state index in [4.69, 9.17) is 0 Å². The van der Waals surface area contributed by atoms with Gasteiger partial charge in [-0.1, -0.05) is 47.1 Å². The summed E-state index contributed by atoms with van der Waals surface area (Å²) >= 11 is 3.52. The lowest BCUT2D eigenvalue weighted by atomic mass is 9.83. The average molecular weight is 334 g/mol. The van der Waals surface area contributed by atoms with Crippen molar-refractivity contribution in [3.63, 3.8) is 0 Å². The molecule has 0 amide bonds. The fourth-order valence-corrected chi connectivity index (χ4v) is 3.55. The SMILES string of the molecule is CCCn1c(CBr)nnc1C1CCc2ccccc2C1. The van der Waals surface area contributed by atoms with Crippen LogP contribution in [0.5, 0.6) is 0 Å². The molecule has 4 heteroatoms. The molecule has 1 aliphatic carbocycles. The van der Waals surface area contributed by atoms with Gasteiger partial charge in [0, 0.05) is 12.5 Å². The number of benzene rings is 1. The van der Waals surface area contributed by atoms with Gasteiger partial charge in [0.25, 0.3) is 0 Å². The van der Waals surface area contributed by atoms with E-state index in [2.05, 4.69) is 61.9 Å². The van der Waals surface area contributed by atoms with Gasteiger partial charge >= 0.3 is 0 Å². The van der Waals surface area contributed by atoms with Gasteiger partial charge in [0.1, 0.15) is 11.6 Å². The smallest absolute Gasteiger partial charge is 0.143 e. The number of hydrogen-bond acceptors (Lipinski definition) is 2. The monoisotopic (exact) mass is 333 g/mol. The summed E-state index contributed by atoms with van der Waals surface area (Å²) in [5.74, 6) is 2.74. The van der Waals surface area contributed by atoms with Crippen molar-refractivity contribution < 1.29 is 0 Å². The second kappa shape index (κ2) is 6.08. The first kappa shape index (κ1) is 13.8. The molecular weight excluding hydrogens is 314 g/mol. The standard InChI is InChI=1S/C16H20BrN3/c1-2-9-20-15(11-17)18-19-16(20)14-8-7-12-5-3-4-6-13(12)10-14/h3-6,14H,2,7-11H2,1H3. The van der Waals surface area contributed by atoms with Crippen LogP contribution in [-0.2, 0) is 24.7 Å². The van der Waals surface area contributed by atoms with Crippen molar-refractivity contribution in [1.29, 1.82) is 0 Å². The molecule has 0 fully saturated rings. The number of fused-ring (bicyclic) bond motifs is 1. The molecule has 2 aromatic rings. The molecule has 1 aromatic heterocycles. The molecule has 3 rings (SSSR count). The maximum absolute atomic E-state index is 4.49. The molecule has 0 spiro atoms. The summed E-state index contributed by atoms with van der Waals surface area (Å²) in [5.41, 5.74) is 2.99. The Bertz CT molecular complexity index is 591. The van der Waals surface area contributed by atoms with Crippen molar-refractivity contribution in [2.45, 2.75) is 50.4 Å². The molecule has 106 valence electrons. The van der Waals surface area contributed by atoms with Crippen LogP contribution >= 0.6 is 15.9 Å². The molecule has 3 nitrogen and oxygen atoms in total. The summed E-state index contributed by atoms with van der Waals surface area (Å²) in [5, 5.41) is 9.62. The van der Waals surface area contributed by atoms with Gasteiger partial charge < -0.3 is 4.57 Å². The predicted molar refractivity (Wildman–Crippen MR) is 84.2 cm³/mol. The van der Waals surface area contributed by atoms with E-state index in [1.54, 1.807) is 0 Å². The quantitative estimate of drug-likeness (QED) is 0.795. The number of alkyl halides is 1. The third-order valence-electron chi connectivity index (χ3n) is 4.13. The van der Waals surface area contributed by atoms with Gasteiger partial charge in [-0.3, -0.25) is 0 Å². The van der Waals surface area contributed by atoms with Gasteiger partial charge in [0.15, 0.2) is 0 Å². The Kier molecular flexibility index (Phi) is 4.20. The first-order chi connectivity index (χ1) is 9.83. The number of aromatic nitrogens is 3. The molecule has 0 saturated carbocycles. The van der Waals surface area contributed by atoms with Gasteiger partial charge in [0.2, 0.25) is 0 Å². The Morgan fingerprint density at radius 1 is 1.25 bits per heavy atom. The average Bonchev–Trinajstić information content (AvgIpc) is 2.90. The van der Waals surface area contributed by atoms with Crippen molar-refractivity contribution in [3.05, 3.63) is 47.0 Å². The summed E-state index contributed by atoms with van der Waals surface area (Å²) in [6.45, 7) is 3.22. The highest BCUT2D eigenvalue weighted by atomic mass is 79.9. The van der Waals surface area contributed by atoms with Gasteiger partial charge in [-0.25, -0.2) is 0 Å². The van der Waals surface area contributed by atoms with Crippen LogP contribution in [0.3, 0.4) is 0 Å². The van der Waals surface area contributed by atoms with E-state index in [0.717, 1.165) is 37.0 Å². The van der Waals surface area contributed by atoms with Crippen LogP contribution in [0.15, 0.2) is 24.3 Å². The van der Waals surface area contributed by atoms with E-state index in [1.165, 1.54) is 23.4 Å². The van der Waals surface area contributed by atoms with Crippen LogP contribution < -0.4 is 0 Å². The second-order valence-corrected chi connectivity index (χ2v) is 6.03. The normalized spacial score (nSPS) is 18.0. The predicted octanol–water partition coefficient (Wildman–Crippen LogP) is 3.86. The highest BCUT2D eigenvalue weighted by Gasteiger charge is 2.25. The zero-order valence-electron chi connectivity index (χ0n) is 11.8. The molecule has 0 aliphatic heterocycles. The first-order valence-corrected chi connectivity index (χ1v) is 8.50. The minimum absolute atomic E-state index is 0.511. The van der Waals surface area contributed by atoms with Gasteiger partial charge in [0.05, 0.1) is 5.33 Å². The van der Waals surface area contributed by atoms with E-state index in [9.17, 15) is 0 Å². The maximum atomic E-state index is 4.49. The fraction of sp³-hybridized carbons (Fsp3) is 0.500. The number of halogens is 1.